The van der Waals surface area contributed by atoms with Gasteiger partial charge >= 0.3 is 0 Å². The molecule has 1 aromatic carbocycles. The minimum Gasteiger partial charge on any atom is -0.465 e. The van der Waals surface area contributed by atoms with E-state index in [1.54, 1.807) is 6.07 Å². The van der Waals surface area contributed by atoms with Gasteiger partial charge in [0.1, 0.15) is 17.3 Å². The Bertz CT molecular complexity index is 782. The number of benzene rings is 1. The number of halogens is 1. The highest BCUT2D eigenvalue weighted by Gasteiger charge is 2.11. The van der Waals surface area contributed by atoms with E-state index in [9.17, 15) is 4.39 Å². The van der Waals surface area contributed by atoms with Crippen LogP contribution in [0, 0.1) is 12.7 Å². The first kappa shape index (κ1) is 15.4. The van der Waals surface area contributed by atoms with E-state index in [-0.39, 0.29) is 5.82 Å². The van der Waals surface area contributed by atoms with Gasteiger partial charge in [0.2, 0.25) is 5.89 Å². The van der Waals surface area contributed by atoms with Crippen molar-refractivity contribution in [3.63, 3.8) is 0 Å². The summed E-state index contributed by atoms with van der Waals surface area (Å²) in [5, 5.41) is 3.95. The second-order valence-electron chi connectivity index (χ2n) is 5.60. The topological polar surface area (TPSA) is 55.3 Å². The predicted octanol–water partition coefficient (Wildman–Crippen LogP) is 3.33. The van der Waals surface area contributed by atoms with E-state index in [2.05, 4.69) is 10.1 Å². The van der Waals surface area contributed by atoms with Gasteiger partial charge in [0.15, 0.2) is 5.82 Å². The van der Waals surface area contributed by atoms with Crippen LogP contribution in [-0.2, 0) is 19.5 Å². The van der Waals surface area contributed by atoms with Crippen molar-refractivity contribution in [3.8, 4) is 0 Å². The average Bonchev–Trinajstić information content (AvgIpc) is 3.08. The molecule has 0 saturated heterocycles. The summed E-state index contributed by atoms with van der Waals surface area (Å²) in [5.41, 5.74) is 0.816. The molecule has 0 aliphatic heterocycles. The summed E-state index contributed by atoms with van der Waals surface area (Å²) < 4.78 is 24.0. The van der Waals surface area contributed by atoms with Crippen molar-refractivity contribution in [2.75, 3.05) is 7.05 Å². The van der Waals surface area contributed by atoms with Crippen LogP contribution < -0.4 is 0 Å². The van der Waals surface area contributed by atoms with Crippen molar-refractivity contribution in [3.05, 3.63) is 71.0 Å². The van der Waals surface area contributed by atoms with Crippen LogP contribution in [0.25, 0.3) is 0 Å². The minimum atomic E-state index is -0.264. The fraction of sp³-hybridized carbons (Fsp3) is 0.294. The first-order valence-electron chi connectivity index (χ1n) is 7.38. The van der Waals surface area contributed by atoms with E-state index in [1.165, 1.54) is 12.1 Å². The number of aromatic nitrogens is 2. The largest absolute Gasteiger partial charge is 0.465 e. The summed E-state index contributed by atoms with van der Waals surface area (Å²) in [6, 6.07) is 10.3. The number of rotatable bonds is 6. The monoisotopic (exact) mass is 315 g/mol. The Labute approximate surface area is 133 Å². The zero-order valence-corrected chi connectivity index (χ0v) is 13.1. The maximum absolute atomic E-state index is 13.2. The molecule has 3 aromatic rings. The van der Waals surface area contributed by atoms with E-state index in [4.69, 9.17) is 8.94 Å². The second-order valence-corrected chi connectivity index (χ2v) is 5.60. The lowest BCUT2D eigenvalue weighted by Crippen LogP contribution is -2.17. The van der Waals surface area contributed by atoms with E-state index in [1.807, 2.05) is 37.1 Å². The third-order valence-electron chi connectivity index (χ3n) is 3.39. The fourth-order valence-electron chi connectivity index (χ4n) is 2.38. The Morgan fingerprint density at radius 3 is 2.78 bits per heavy atom. The highest BCUT2D eigenvalue weighted by molar-refractivity contribution is 5.19. The van der Waals surface area contributed by atoms with Crippen LogP contribution in [0.1, 0.15) is 28.8 Å². The molecule has 2 heterocycles. The van der Waals surface area contributed by atoms with E-state index in [0.29, 0.717) is 31.2 Å². The second kappa shape index (κ2) is 6.75. The molecule has 120 valence electrons. The van der Waals surface area contributed by atoms with Gasteiger partial charge < -0.3 is 8.94 Å². The molecule has 6 heteroatoms. The van der Waals surface area contributed by atoms with Gasteiger partial charge in [-0.1, -0.05) is 17.3 Å². The van der Waals surface area contributed by atoms with Crippen molar-refractivity contribution in [1.82, 2.24) is 15.0 Å². The zero-order valence-electron chi connectivity index (χ0n) is 13.1. The molecule has 0 amide bonds. The Balaban J connectivity index is 1.58. The van der Waals surface area contributed by atoms with E-state index < -0.39 is 0 Å². The molecule has 2 aromatic heterocycles. The van der Waals surface area contributed by atoms with Crippen molar-refractivity contribution < 1.29 is 13.3 Å². The lowest BCUT2D eigenvalue weighted by molar-refractivity contribution is 0.243. The van der Waals surface area contributed by atoms with Crippen molar-refractivity contribution >= 4 is 0 Å². The van der Waals surface area contributed by atoms with Crippen molar-refractivity contribution in [2.24, 2.45) is 0 Å². The molecule has 0 bridgehead atoms. The molecular weight excluding hydrogens is 297 g/mol. The van der Waals surface area contributed by atoms with Gasteiger partial charge in [-0.2, -0.15) is 4.98 Å². The van der Waals surface area contributed by atoms with Gasteiger partial charge in [0, 0.05) is 6.42 Å². The van der Waals surface area contributed by atoms with Crippen molar-refractivity contribution in [2.45, 2.75) is 26.4 Å². The molecular formula is C17H18FN3O2. The molecule has 0 fully saturated rings. The van der Waals surface area contributed by atoms with Crippen LogP contribution in [0.2, 0.25) is 0 Å². The average molecular weight is 315 g/mol. The van der Waals surface area contributed by atoms with E-state index >= 15 is 0 Å². The van der Waals surface area contributed by atoms with Crippen LogP contribution >= 0.6 is 0 Å². The Morgan fingerprint density at radius 1 is 1.17 bits per heavy atom. The molecule has 0 N–H and O–H groups in total. The third-order valence-corrected chi connectivity index (χ3v) is 3.39. The van der Waals surface area contributed by atoms with Gasteiger partial charge in [-0.25, -0.2) is 4.39 Å². The third kappa shape index (κ3) is 4.26. The SMILES string of the molecule is Cc1ccc(CN(C)Cc2nc(Cc3cccc(F)c3)no2)o1. The molecule has 23 heavy (non-hydrogen) atoms. The van der Waals surface area contributed by atoms with Crippen LogP contribution in [0.4, 0.5) is 4.39 Å². The van der Waals surface area contributed by atoms with Crippen LogP contribution in [0.3, 0.4) is 0 Å². The summed E-state index contributed by atoms with van der Waals surface area (Å²) in [6.45, 7) is 3.10. The molecule has 5 nitrogen and oxygen atoms in total. The summed E-state index contributed by atoms with van der Waals surface area (Å²) >= 11 is 0. The summed E-state index contributed by atoms with van der Waals surface area (Å²) in [4.78, 5) is 6.38. The lowest BCUT2D eigenvalue weighted by atomic mass is 10.1. The molecule has 0 radical (unpaired) electrons. The Kier molecular flexibility index (Phi) is 4.52. The van der Waals surface area contributed by atoms with Crippen LogP contribution in [0.5, 0.6) is 0 Å². The predicted molar refractivity (Wildman–Crippen MR) is 82.1 cm³/mol. The maximum atomic E-state index is 13.2. The fourth-order valence-corrected chi connectivity index (χ4v) is 2.38. The molecule has 0 saturated carbocycles. The smallest absolute Gasteiger partial charge is 0.240 e. The first-order valence-corrected chi connectivity index (χ1v) is 7.38. The van der Waals surface area contributed by atoms with Crippen LogP contribution in [-0.4, -0.2) is 22.1 Å². The zero-order chi connectivity index (χ0) is 16.2. The van der Waals surface area contributed by atoms with Gasteiger partial charge in [-0.3, -0.25) is 4.90 Å². The van der Waals surface area contributed by atoms with E-state index in [0.717, 1.165) is 17.1 Å². The van der Waals surface area contributed by atoms with Crippen LogP contribution in [0.15, 0.2) is 45.3 Å². The maximum Gasteiger partial charge on any atom is 0.240 e. The Morgan fingerprint density at radius 2 is 2.04 bits per heavy atom. The minimum absolute atomic E-state index is 0.264. The van der Waals surface area contributed by atoms with Crippen molar-refractivity contribution in [1.29, 1.82) is 0 Å². The molecule has 0 aliphatic rings. The number of furan rings is 1. The number of hydrogen-bond donors (Lipinski definition) is 0. The van der Waals surface area contributed by atoms with Gasteiger partial charge in [-0.05, 0) is 43.8 Å². The first-order chi connectivity index (χ1) is 11.1. The highest BCUT2D eigenvalue weighted by Crippen LogP contribution is 2.12. The number of nitrogens with zero attached hydrogens (tertiary/aromatic N) is 3. The molecule has 0 unspecified atom stereocenters. The molecule has 0 spiro atoms. The van der Waals surface area contributed by atoms with Gasteiger partial charge in [0.25, 0.3) is 0 Å². The Hall–Kier alpha value is -2.47. The normalized spacial score (nSPS) is 11.3. The van der Waals surface area contributed by atoms with Gasteiger partial charge in [-0.15, -0.1) is 0 Å². The highest BCUT2D eigenvalue weighted by atomic mass is 19.1. The molecule has 0 atom stereocenters. The number of aryl methyl sites for hydroxylation is 1. The lowest BCUT2D eigenvalue weighted by Gasteiger charge is -2.11. The summed E-state index contributed by atoms with van der Waals surface area (Å²) in [5.74, 6) is 2.60. The quantitative estimate of drug-likeness (QED) is 0.698. The molecule has 0 aliphatic carbocycles. The van der Waals surface area contributed by atoms with Gasteiger partial charge in [0.05, 0.1) is 13.1 Å². The standard InChI is InChI=1S/C17H18FN3O2/c1-12-6-7-15(22-12)10-21(2)11-17-19-16(20-23-17)9-13-4-3-5-14(18)8-13/h3-8H,9-11H2,1-2H3. The summed E-state index contributed by atoms with van der Waals surface area (Å²) in [6.07, 6.45) is 0.447. The number of hydrogen-bond acceptors (Lipinski definition) is 5. The molecule has 3 rings (SSSR count). The summed E-state index contributed by atoms with van der Waals surface area (Å²) in [7, 11) is 1.95.